The molecule has 2 saturated carbocycles. The van der Waals surface area contributed by atoms with Crippen LogP contribution < -0.4 is 0 Å². The third kappa shape index (κ3) is 6.52. The van der Waals surface area contributed by atoms with Gasteiger partial charge in [-0.3, -0.25) is 0 Å². The Morgan fingerprint density at radius 3 is 1.93 bits per heavy atom. The van der Waals surface area contributed by atoms with Crippen LogP contribution in [0.5, 0.6) is 0 Å². The zero-order valence-electron chi connectivity index (χ0n) is 17.0. The highest BCUT2D eigenvalue weighted by Gasteiger charge is 2.35. The first kappa shape index (κ1) is 21.2. The van der Waals surface area contributed by atoms with E-state index in [1.54, 1.807) is 0 Å². The third-order valence-corrected chi connectivity index (χ3v) is 7.32. The van der Waals surface area contributed by atoms with E-state index in [9.17, 15) is 8.78 Å². The minimum Gasteiger partial charge on any atom is -0.352 e. The first-order chi connectivity index (χ1) is 13.2. The van der Waals surface area contributed by atoms with Crippen LogP contribution in [0.15, 0.2) is 12.2 Å². The lowest BCUT2D eigenvalue weighted by atomic mass is 9.68. The molecule has 0 atom stereocenters. The smallest absolute Gasteiger partial charge is 0.266 e. The summed E-state index contributed by atoms with van der Waals surface area (Å²) in [5.41, 5.74) is 0. The Labute approximate surface area is 164 Å². The molecule has 2 aliphatic carbocycles. The van der Waals surface area contributed by atoms with Crippen molar-refractivity contribution in [2.45, 2.75) is 90.3 Å². The number of unbranched alkanes of at least 4 members (excludes halogenated alkanes) is 1. The summed E-state index contributed by atoms with van der Waals surface area (Å²) in [5.74, 6) is 3.28. The van der Waals surface area contributed by atoms with Crippen molar-refractivity contribution in [1.29, 1.82) is 0 Å². The van der Waals surface area contributed by atoms with Crippen molar-refractivity contribution in [1.82, 2.24) is 0 Å². The van der Waals surface area contributed by atoms with Gasteiger partial charge in [-0.15, -0.1) is 0 Å². The molecule has 1 aliphatic heterocycles. The van der Waals surface area contributed by atoms with Crippen molar-refractivity contribution in [3.05, 3.63) is 12.2 Å². The summed E-state index contributed by atoms with van der Waals surface area (Å²) in [6, 6.07) is 0. The Morgan fingerprint density at radius 1 is 0.815 bits per heavy atom. The number of ether oxygens (including phenoxy) is 2. The van der Waals surface area contributed by atoms with Crippen molar-refractivity contribution in [2.75, 3.05) is 13.2 Å². The molecule has 4 heteroatoms. The van der Waals surface area contributed by atoms with Crippen molar-refractivity contribution < 1.29 is 18.3 Å². The van der Waals surface area contributed by atoms with E-state index in [2.05, 4.69) is 6.92 Å². The first-order valence-corrected chi connectivity index (χ1v) is 11.4. The highest BCUT2D eigenvalue weighted by atomic mass is 19.3. The monoisotopic (exact) mass is 384 g/mol. The second kappa shape index (κ2) is 10.9. The van der Waals surface area contributed by atoms with Crippen LogP contribution in [0.3, 0.4) is 0 Å². The molecule has 3 rings (SSSR count). The van der Waals surface area contributed by atoms with E-state index in [1.165, 1.54) is 57.8 Å². The van der Waals surface area contributed by atoms with Crippen LogP contribution in [-0.2, 0) is 9.47 Å². The molecule has 1 saturated heterocycles. The molecule has 2 nitrogen and oxygen atoms in total. The van der Waals surface area contributed by atoms with Gasteiger partial charge in [0.15, 0.2) is 6.29 Å². The van der Waals surface area contributed by atoms with Crippen molar-refractivity contribution >= 4 is 0 Å². The minimum absolute atomic E-state index is 0.0296. The molecule has 0 aromatic carbocycles. The van der Waals surface area contributed by atoms with Crippen LogP contribution in [0.2, 0.25) is 0 Å². The normalized spacial score (nSPS) is 37.7. The lowest BCUT2D eigenvalue weighted by molar-refractivity contribution is -0.230. The van der Waals surface area contributed by atoms with E-state index >= 15 is 0 Å². The summed E-state index contributed by atoms with van der Waals surface area (Å²) < 4.78 is 36.7. The molecule has 156 valence electrons. The first-order valence-electron chi connectivity index (χ1n) is 11.4. The van der Waals surface area contributed by atoms with E-state index in [4.69, 9.17) is 9.47 Å². The zero-order valence-corrected chi connectivity index (χ0v) is 17.0. The van der Waals surface area contributed by atoms with Crippen LogP contribution in [0, 0.1) is 29.6 Å². The average Bonchev–Trinajstić information content (AvgIpc) is 2.72. The molecule has 0 spiro atoms. The van der Waals surface area contributed by atoms with Crippen LogP contribution in [-0.4, -0.2) is 19.5 Å². The Hall–Kier alpha value is -0.480. The van der Waals surface area contributed by atoms with Crippen LogP contribution in [0.1, 0.15) is 84.0 Å². The summed E-state index contributed by atoms with van der Waals surface area (Å²) >= 11 is 0. The molecule has 1 heterocycles. The van der Waals surface area contributed by atoms with Gasteiger partial charge in [-0.25, -0.2) is 0 Å². The maximum absolute atomic E-state index is 12.3. The number of halogens is 2. The lowest BCUT2D eigenvalue weighted by Gasteiger charge is -2.41. The van der Waals surface area contributed by atoms with Gasteiger partial charge < -0.3 is 9.47 Å². The standard InChI is InChI=1S/C23H38F2O2/c1-2-3-4-18-15-26-23(27-16-18)21-12-10-20(11-13-21)19-8-5-17(6-9-19)7-14-22(24)25/h14,17-21,23H,2-13,15-16H2,1H3. The minimum atomic E-state index is -1.51. The molecule has 27 heavy (non-hydrogen) atoms. The van der Waals surface area contributed by atoms with E-state index in [0.29, 0.717) is 24.2 Å². The summed E-state index contributed by atoms with van der Waals surface area (Å²) in [5, 5.41) is 0. The molecule has 0 amide bonds. The fourth-order valence-electron chi connectivity index (χ4n) is 5.53. The van der Waals surface area contributed by atoms with Gasteiger partial charge in [0, 0.05) is 11.8 Å². The predicted octanol–water partition coefficient (Wildman–Crippen LogP) is 6.95. The Morgan fingerprint density at radius 2 is 1.37 bits per heavy atom. The zero-order chi connectivity index (χ0) is 19.1. The number of allylic oxidation sites excluding steroid dienone is 1. The second-order valence-corrected chi connectivity index (χ2v) is 9.23. The SMILES string of the molecule is CCCCC1COC(C2CCC(C3CCC(CC=C(F)F)CC3)CC2)OC1. The quantitative estimate of drug-likeness (QED) is 0.473. The van der Waals surface area contributed by atoms with Gasteiger partial charge in [-0.1, -0.05) is 19.8 Å². The third-order valence-electron chi connectivity index (χ3n) is 7.32. The van der Waals surface area contributed by atoms with E-state index in [1.807, 2.05) is 0 Å². The molecule has 0 unspecified atom stereocenters. The van der Waals surface area contributed by atoms with Crippen molar-refractivity contribution in [3.63, 3.8) is 0 Å². The fraction of sp³-hybridized carbons (Fsp3) is 0.913. The van der Waals surface area contributed by atoms with Gasteiger partial charge >= 0.3 is 0 Å². The predicted molar refractivity (Wildman–Crippen MR) is 105 cm³/mol. The molecule has 0 aromatic heterocycles. The molecule has 3 aliphatic rings. The number of hydrogen-bond donors (Lipinski definition) is 0. The van der Waals surface area contributed by atoms with E-state index in [0.717, 1.165) is 44.0 Å². The molecular formula is C23H38F2O2. The average molecular weight is 385 g/mol. The topological polar surface area (TPSA) is 18.5 Å². The maximum Gasteiger partial charge on any atom is 0.266 e. The molecule has 0 N–H and O–H groups in total. The van der Waals surface area contributed by atoms with E-state index < -0.39 is 6.08 Å². The number of rotatable bonds is 7. The summed E-state index contributed by atoms with van der Waals surface area (Å²) in [7, 11) is 0. The number of hydrogen-bond acceptors (Lipinski definition) is 2. The second-order valence-electron chi connectivity index (χ2n) is 9.23. The largest absolute Gasteiger partial charge is 0.352 e. The summed E-state index contributed by atoms with van der Waals surface area (Å²) in [6.07, 6.45) is 13.7. The summed E-state index contributed by atoms with van der Waals surface area (Å²) in [6.45, 7) is 3.99. The highest BCUT2D eigenvalue weighted by molar-refractivity contribution is 4.88. The Bertz CT molecular complexity index is 439. The molecule has 0 aromatic rings. The highest BCUT2D eigenvalue weighted by Crippen LogP contribution is 2.43. The summed E-state index contributed by atoms with van der Waals surface area (Å²) in [4.78, 5) is 0. The molecule has 0 bridgehead atoms. The molecule has 3 fully saturated rings. The molecular weight excluding hydrogens is 346 g/mol. The van der Waals surface area contributed by atoms with Crippen molar-refractivity contribution in [3.8, 4) is 0 Å². The van der Waals surface area contributed by atoms with Gasteiger partial charge in [-0.2, -0.15) is 8.78 Å². The van der Waals surface area contributed by atoms with Gasteiger partial charge in [0.05, 0.1) is 13.2 Å². The van der Waals surface area contributed by atoms with Crippen LogP contribution in [0.4, 0.5) is 8.78 Å². The van der Waals surface area contributed by atoms with Crippen LogP contribution in [0.25, 0.3) is 0 Å². The van der Waals surface area contributed by atoms with Crippen molar-refractivity contribution in [2.24, 2.45) is 29.6 Å². The Balaban J connectivity index is 1.33. The van der Waals surface area contributed by atoms with Gasteiger partial charge in [0.2, 0.25) is 0 Å². The fourth-order valence-corrected chi connectivity index (χ4v) is 5.53. The Kier molecular flexibility index (Phi) is 8.57. The van der Waals surface area contributed by atoms with E-state index in [-0.39, 0.29) is 6.29 Å². The van der Waals surface area contributed by atoms with Crippen LogP contribution >= 0.6 is 0 Å². The van der Waals surface area contributed by atoms with Gasteiger partial charge in [-0.05, 0) is 88.0 Å². The lowest BCUT2D eigenvalue weighted by Crippen LogP contribution is -2.39. The van der Waals surface area contributed by atoms with Gasteiger partial charge in [0.1, 0.15) is 0 Å². The molecule has 0 radical (unpaired) electrons. The van der Waals surface area contributed by atoms with Gasteiger partial charge in [0.25, 0.3) is 6.08 Å². The maximum atomic E-state index is 12.3.